The normalized spacial score (nSPS) is 12.9. The minimum atomic E-state index is 0.397. The summed E-state index contributed by atoms with van der Waals surface area (Å²) in [5.74, 6) is 1.42. The molecule has 1 aromatic rings. The SMILES string of the molecule is CC(C)CC(C)N(C)c1nc(Cl)ccc1N. The Hall–Kier alpha value is -0.960. The van der Waals surface area contributed by atoms with Crippen LogP contribution in [0.15, 0.2) is 12.1 Å². The van der Waals surface area contributed by atoms with E-state index in [1.54, 1.807) is 12.1 Å². The highest BCUT2D eigenvalue weighted by molar-refractivity contribution is 6.29. The molecule has 0 fully saturated rings. The third-order valence-corrected chi connectivity index (χ3v) is 2.89. The van der Waals surface area contributed by atoms with Gasteiger partial charge in [-0.05, 0) is 31.4 Å². The molecule has 0 saturated heterocycles. The van der Waals surface area contributed by atoms with Gasteiger partial charge >= 0.3 is 0 Å². The Kier molecular flexibility index (Phi) is 4.42. The quantitative estimate of drug-likeness (QED) is 0.824. The van der Waals surface area contributed by atoms with Crippen molar-refractivity contribution in [3.05, 3.63) is 17.3 Å². The summed E-state index contributed by atoms with van der Waals surface area (Å²) >= 11 is 5.88. The van der Waals surface area contributed by atoms with Gasteiger partial charge in [0.1, 0.15) is 5.15 Å². The van der Waals surface area contributed by atoms with Crippen LogP contribution < -0.4 is 10.6 Å². The van der Waals surface area contributed by atoms with Gasteiger partial charge < -0.3 is 10.6 Å². The average Bonchev–Trinajstić information content (AvgIpc) is 2.19. The van der Waals surface area contributed by atoms with Crippen molar-refractivity contribution >= 4 is 23.1 Å². The van der Waals surface area contributed by atoms with Crippen LogP contribution in [0.5, 0.6) is 0 Å². The van der Waals surface area contributed by atoms with Gasteiger partial charge in [-0.15, -0.1) is 0 Å². The fourth-order valence-corrected chi connectivity index (χ4v) is 1.91. The predicted octanol–water partition coefficient (Wildman–Crippen LogP) is 3.19. The Morgan fingerprint density at radius 2 is 2.00 bits per heavy atom. The van der Waals surface area contributed by atoms with E-state index in [4.69, 9.17) is 17.3 Å². The van der Waals surface area contributed by atoms with Crippen LogP contribution >= 0.6 is 11.6 Å². The second-order valence-electron chi connectivity index (χ2n) is 4.64. The summed E-state index contributed by atoms with van der Waals surface area (Å²) in [4.78, 5) is 6.35. The zero-order chi connectivity index (χ0) is 12.3. The van der Waals surface area contributed by atoms with E-state index in [1.165, 1.54) is 0 Å². The second kappa shape index (κ2) is 5.39. The second-order valence-corrected chi connectivity index (χ2v) is 5.02. The molecular weight excluding hydrogens is 222 g/mol. The summed E-state index contributed by atoms with van der Waals surface area (Å²) in [6, 6.07) is 3.90. The zero-order valence-corrected chi connectivity index (χ0v) is 11.1. The van der Waals surface area contributed by atoms with E-state index in [9.17, 15) is 0 Å². The molecule has 0 aliphatic heterocycles. The number of nitrogens with zero attached hydrogens (tertiary/aromatic N) is 2. The Balaban J connectivity index is 2.86. The molecule has 0 radical (unpaired) electrons. The van der Waals surface area contributed by atoms with Gasteiger partial charge in [-0.1, -0.05) is 25.4 Å². The lowest BCUT2D eigenvalue weighted by Crippen LogP contribution is -2.31. The molecular formula is C12H20ClN3. The maximum atomic E-state index is 5.90. The van der Waals surface area contributed by atoms with Crippen molar-refractivity contribution < 1.29 is 0 Å². The molecule has 16 heavy (non-hydrogen) atoms. The maximum Gasteiger partial charge on any atom is 0.153 e. The first-order valence-corrected chi connectivity index (χ1v) is 5.94. The molecule has 0 aliphatic rings. The van der Waals surface area contributed by atoms with Crippen molar-refractivity contribution in [2.45, 2.75) is 33.2 Å². The molecule has 0 aliphatic carbocycles. The van der Waals surface area contributed by atoms with Crippen molar-refractivity contribution in [3.8, 4) is 0 Å². The number of halogens is 1. The number of aromatic nitrogens is 1. The van der Waals surface area contributed by atoms with Crippen molar-refractivity contribution in [1.29, 1.82) is 0 Å². The van der Waals surface area contributed by atoms with Crippen LogP contribution in [0.25, 0.3) is 0 Å². The number of hydrogen-bond donors (Lipinski definition) is 1. The lowest BCUT2D eigenvalue weighted by Gasteiger charge is -2.28. The summed E-state index contributed by atoms with van der Waals surface area (Å²) in [5.41, 5.74) is 6.57. The molecule has 2 N–H and O–H groups in total. The van der Waals surface area contributed by atoms with E-state index >= 15 is 0 Å². The first-order chi connectivity index (χ1) is 7.41. The molecule has 0 amide bonds. The highest BCUT2D eigenvalue weighted by Gasteiger charge is 2.15. The summed E-state index contributed by atoms with van der Waals surface area (Å²) in [6.07, 6.45) is 1.10. The Bertz CT molecular complexity index is 352. The molecule has 1 aromatic heterocycles. The van der Waals surface area contributed by atoms with Crippen molar-refractivity contribution in [1.82, 2.24) is 4.98 Å². The summed E-state index contributed by atoms with van der Waals surface area (Å²) in [5, 5.41) is 0.479. The predicted molar refractivity (Wildman–Crippen MR) is 71.0 cm³/mol. The Morgan fingerprint density at radius 1 is 1.38 bits per heavy atom. The minimum absolute atomic E-state index is 0.397. The molecule has 1 heterocycles. The van der Waals surface area contributed by atoms with Gasteiger partial charge in [-0.25, -0.2) is 4.98 Å². The molecule has 90 valence electrons. The van der Waals surface area contributed by atoms with Crippen molar-refractivity contribution in [3.63, 3.8) is 0 Å². The van der Waals surface area contributed by atoms with Gasteiger partial charge in [-0.2, -0.15) is 0 Å². The highest BCUT2D eigenvalue weighted by atomic mass is 35.5. The number of nitrogens with two attached hydrogens (primary N) is 1. The largest absolute Gasteiger partial charge is 0.396 e. The zero-order valence-electron chi connectivity index (χ0n) is 10.4. The van der Waals surface area contributed by atoms with E-state index in [0.29, 0.717) is 22.8 Å². The van der Waals surface area contributed by atoms with Crippen LogP contribution in [-0.2, 0) is 0 Å². The van der Waals surface area contributed by atoms with E-state index < -0.39 is 0 Å². The number of rotatable bonds is 4. The fraction of sp³-hybridized carbons (Fsp3) is 0.583. The molecule has 0 saturated carbocycles. The topological polar surface area (TPSA) is 42.2 Å². The number of anilines is 2. The molecule has 1 atom stereocenters. The van der Waals surface area contributed by atoms with Crippen LogP contribution in [0.3, 0.4) is 0 Å². The van der Waals surface area contributed by atoms with Gasteiger partial charge in [0.2, 0.25) is 0 Å². The molecule has 1 unspecified atom stereocenters. The van der Waals surface area contributed by atoms with Gasteiger partial charge in [-0.3, -0.25) is 0 Å². The minimum Gasteiger partial charge on any atom is -0.396 e. The van der Waals surface area contributed by atoms with E-state index in [2.05, 4.69) is 30.7 Å². The smallest absolute Gasteiger partial charge is 0.153 e. The summed E-state index contributed by atoms with van der Waals surface area (Å²) < 4.78 is 0. The van der Waals surface area contributed by atoms with Gasteiger partial charge in [0.15, 0.2) is 5.82 Å². The fourth-order valence-electron chi connectivity index (χ4n) is 1.77. The third kappa shape index (κ3) is 3.27. The molecule has 0 aromatic carbocycles. The first-order valence-electron chi connectivity index (χ1n) is 5.56. The van der Waals surface area contributed by atoms with Crippen molar-refractivity contribution in [2.24, 2.45) is 5.92 Å². The molecule has 4 heteroatoms. The van der Waals surface area contributed by atoms with Crippen LogP contribution in [0.1, 0.15) is 27.2 Å². The molecule has 0 spiro atoms. The number of hydrogen-bond acceptors (Lipinski definition) is 3. The molecule has 1 rings (SSSR count). The lowest BCUT2D eigenvalue weighted by atomic mass is 10.0. The number of pyridine rings is 1. The standard InChI is InChI=1S/C12H20ClN3/c1-8(2)7-9(3)16(4)12-10(14)5-6-11(13)15-12/h5-6,8-9H,7,14H2,1-4H3. The molecule has 0 bridgehead atoms. The maximum absolute atomic E-state index is 5.90. The number of nitrogen functional groups attached to an aromatic ring is 1. The average molecular weight is 242 g/mol. The van der Waals surface area contributed by atoms with E-state index in [-0.39, 0.29) is 0 Å². The van der Waals surface area contributed by atoms with Gasteiger partial charge in [0.25, 0.3) is 0 Å². The van der Waals surface area contributed by atoms with Crippen LogP contribution in [0.2, 0.25) is 5.15 Å². The van der Waals surface area contributed by atoms with E-state index in [0.717, 1.165) is 12.2 Å². The lowest BCUT2D eigenvalue weighted by molar-refractivity contribution is 0.502. The Morgan fingerprint density at radius 3 is 2.56 bits per heavy atom. The first kappa shape index (κ1) is 13.1. The highest BCUT2D eigenvalue weighted by Crippen LogP contribution is 2.24. The van der Waals surface area contributed by atoms with Gasteiger partial charge in [0, 0.05) is 13.1 Å². The van der Waals surface area contributed by atoms with Gasteiger partial charge in [0.05, 0.1) is 5.69 Å². The monoisotopic (exact) mass is 241 g/mol. The Labute approximate surface area is 103 Å². The van der Waals surface area contributed by atoms with Crippen LogP contribution in [0.4, 0.5) is 11.5 Å². The van der Waals surface area contributed by atoms with Crippen molar-refractivity contribution in [2.75, 3.05) is 17.7 Å². The summed E-state index contributed by atoms with van der Waals surface area (Å²) in [7, 11) is 2.00. The van der Waals surface area contributed by atoms with Crippen LogP contribution in [-0.4, -0.2) is 18.1 Å². The summed E-state index contributed by atoms with van der Waals surface area (Å²) in [6.45, 7) is 6.58. The molecule has 3 nitrogen and oxygen atoms in total. The van der Waals surface area contributed by atoms with E-state index in [1.807, 2.05) is 7.05 Å². The third-order valence-electron chi connectivity index (χ3n) is 2.68. The van der Waals surface area contributed by atoms with Crippen LogP contribution in [0, 0.1) is 5.92 Å².